The number of imidazole rings is 1. The molecule has 2 aromatic carbocycles. The van der Waals surface area contributed by atoms with Gasteiger partial charge in [0.1, 0.15) is 22.9 Å². The molecule has 41 heavy (non-hydrogen) atoms. The van der Waals surface area contributed by atoms with Gasteiger partial charge in [-0.3, -0.25) is 14.2 Å². The molecule has 0 aliphatic heterocycles. The summed E-state index contributed by atoms with van der Waals surface area (Å²) in [6.07, 6.45) is 12.1. The molecule has 5 aromatic rings. The average Bonchev–Trinajstić information content (AvgIpc) is 3.40. The van der Waals surface area contributed by atoms with Gasteiger partial charge in [-0.1, -0.05) is 56.3 Å². The highest BCUT2D eigenvalue weighted by molar-refractivity contribution is 6.04. The van der Waals surface area contributed by atoms with Crippen molar-refractivity contribution in [3.63, 3.8) is 0 Å². The molecule has 1 unspecified atom stereocenters. The Morgan fingerprint density at radius 3 is 2.63 bits per heavy atom. The van der Waals surface area contributed by atoms with Crippen molar-refractivity contribution in [2.75, 3.05) is 18.1 Å². The van der Waals surface area contributed by atoms with Crippen LogP contribution in [0.25, 0.3) is 33.1 Å². The quantitative estimate of drug-likeness (QED) is 0.250. The van der Waals surface area contributed by atoms with Gasteiger partial charge < -0.3 is 16.4 Å². The van der Waals surface area contributed by atoms with Gasteiger partial charge in [0.15, 0.2) is 5.82 Å². The highest BCUT2D eigenvalue weighted by Crippen LogP contribution is 2.38. The molecular weight excluding hydrogens is 512 g/mol. The van der Waals surface area contributed by atoms with Gasteiger partial charge in [0.05, 0.1) is 24.5 Å². The number of nitrogen functional groups attached to an aromatic ring is 1. The van der Waals surface area contributed by atoms with Crippen molar-refractivity contribution in [2.45, 2.75) is 51.5 Å². The minimum atomic E-state index is -0.155. The minimum Gasteiger partial charge on any atom is -0.382 e. The lowest BCUT2D eigenvalue weighted by atomic mass is 9.93. The number of rotatable bonds is 7. The maximum Gasteiger partial charge on any atom is 0.230 e. The topological polar surface area (TPSA) is 123 Å². The number of amides is 1. The number of hydrogen-bond acceptors (Lipinski definition) is 7. The predicted octanol–water partition coefficient (Wildman–Crippen LogP) is 5.38. The standard InChI is InChI=1S/C32H34N8O/c1-19(2)32-39-29(30-31(33)37-17-26(40(30)32)20-8-11-22(34-3)12-9-20)25-13-10-21(23-6-4-5-7-24(23)25)16-28(41)38-27-18-35-14-15-36-27/h4-8,10,13-15,17-19,22,34H,9,11-12,16H2,1-3H3,(H2,33,37)(H,36,38,41). The second-order valence-electron chi connectivity index (χ2n) is 10.8. The Hall–Kier alpha value is -4.63. The fraction of sp³-hybridized carbons (Fsp3) is 0.281. The summed E-state index contributed by atoms with van der Waals surface area (Å²) in [5.41, 5.74) is 12.4. The van der Waals surface area contributed by atoms with E-state index in [0.717, 1.165) is 63.9 Å². The highest BCUT2D eigenvalue weighted by atomic mass is 16.1. The van der Waals surface area contributed by atoms with E-state index in [9.17, 15) is 4.79 Å². The zero-order valence-electron chi connectivity index (χ0n) is 23.6. The molecule has 0 fully saturated rings. The molecule has 0 saturated heterocycles. The molecule has 4 N–H and O–H groups in total. The van der Waals surface area contributed by atoms with Crippen LogP contribution in [0.1, 0.15) is 56.1 Å². The number of hydrogen-bond donors (Lipinski definition) is 3. The van der Waals surface area contributed by atoms with E-state index in [1.54, 1.807) is 12.4 Å². The van der Waals surface area contributed by atoms with Crippen LogP contribution < -0.4 is 16.4 Å². The van der Waals surface area contributed by atoms with Crippen LogP contribution in [0, 0.1) is 0 Å². The lowest BCUT2D eigenvalue weighted by Gasteiger charge is -2.22. The largest absolute Gasteiger partial charge is 0.382 e. The van der Waals surface area contributed by atoms with Crippen LogP contribution in [0.4, 0.5) is 11.6 Å². The second kappa shape index (κ2) is 11.1. The molecule has 6 rings (SSSR count). The fourth-order valence-corrected chi connectivity index (χ4v) is 5.74. The van der Waals surface area contributed by atoms with Crippen LogP contribution in [0.15, 0.2) is 67.3 Å². The number of nitrogens with one attached hydrogen (secondary N) is 2. The Labute approximate surface area is 239 Å². The Kier molecular flexibility index (Phi) is 7.19. The van der Waals surface area contributed by atoms with Crippen LogP contribution >= 0.6 is 0 Å². The lowest BCUT2D eigenvalue weighted by molar-refractivity contribution is -0.115. The van der Waals surface area contributed by atoms with Gasteiger partial charge in [-0.2, -0.15) is 0 Å². The maximum atomic E-state index is 12.9. The normalized spacial score (nSPS) is 15.4. The maximum absolute atomic E-state index is 12.9. The SMILES string of the molecule is CNC1CC=C(c2cnc(N)c3c(-c4ccc(CC(=O)Nc5cnccn5)c5ccccc45)nc(C(C)C)n23)CC1. The van der Waals surface area contributed by atoms with Gasteiger partial charge in [-0.05, 0) is 48.2 Å². The highest BCUT2D eigenvalue weighted by Gasteiger charge is 2.25. The first-order chi connectivity index (χ1) is 19.9. The third-order valence-corrected chi connectivity index (χ3v) is 7.83. The Bertz CT molecular complexity index is 1770. The van der Waals surface area contributed by atoms with E-state index in [1.807, 2.05) is 43.6 Å². The molecule has 9 nitrogen and oxygen atoms in total. The van der Waals surface area contributed by atoms with Crippen molar-refractivity contribution in [1.82, 2.24) is 29.7 Å². The fourth-order valence-electron chi connectivity index (χ4n) is 5.74. The zero-order chi connectivity index (χ0) is 28.5. The summed E-state index contributed by atoms with van der Waals surface area (Å²) >= 11 is 0. The van der Waals surface area contributed by atoms with Crippen LogP contribution in [-0.2, 0) is 11.2 Å². The van der Waals surface area contributed by atoms with Crippen molar-refractivity contribution in [3.8, 4) is 11.3 Å². The number of fused-ring (bicyclic) bond motifs is 2. The molecule has 9 heteroatoms. The van der Waals surface area contributed by atoms with Gasteiger partial charge in [-0.25, -0.2) is 15.0 Å². The zero-order valence-corrected chi connectivity index (χ0v) is 23.6. The number of carbonyl (C=O) groups is 1. The van der Waals surface area contributed by atoms with Gasteiger partial charge >= 0.3 is 0 Å². The summed E-state index contributed by atoms with van der Waals surface area (Å²) < 4.78 is 2.21. The Morgan fingerprint density at radius 1 is 1.10 bits per heavy atom. The molecule has 1 aliphatic carbocycles. The molecule has 0 bridgehead atoms. The minimum absolute atomic E-state index is 0.155. The van der Waals surface area contributed by atoms with Crippen molar-refractivity contribution in [3.05, 3.63) is 84.3 Å². The molecule has 0 spiro atoms. The first-order valence-corrected chi connectivity index (χ1v) is 14.0. The van der Waals surface area contributed by atoms with E-state index < -0.39 is 0 Å². The van der Waals surface area contributed by atoms with E-state index in [2.05, 4.69) is 56.0 Å². The van der Waals surface area contributed by atoms with Crippen LogP contribution in [-0.4, -0.2) is 43.3 Å². The van der Waals surface area contributed by atoms with E-state index in [1.165, 1.54) is 11.8 Å². The van der Waals surface area contributed by atoms with Gasteiger partial charge in [0, 0.05) is 29.9 Å². The van der Waals surface area contributed by atoms with E-state index in [4.69, 9.17) is 10.7 Å². The van der Waals surface area contributed by atoms with E-state index >= 15 is 0 Å². The van der Waals surface area contributed by atoms with Crippen molar-refractivity contribution < 1.29 is 4.79 Å². The summed E-state index contributed by atoms with van der Waals surface area (Å²) in [5, 5.41) is 8.22. The van der Waals surface area contributed by atoms with Gasteiger partial charge in [0.25, 0.3) is 0 Å². The molecular formula is C32H34N8O. The molecule has 3 heterocycles. The smallest absolute Gasteiger partial charge is 0.230 e. The molecule has 0 saturated carbocycles. The first-order valence-electron chi connectivity index (χ1n) is 14.0. The van der Waals surface area contributed by atoms with Crippen LogP contribution in [0.5, 0.6) is 0 Å². The molecule has 1 atom stereocenters. The predicted molar refractivity (Wildman–Crippen MR) is 163 cm³/mol. The number of nitrogens with two attached hydrogens (primary N) is 1. The number of nitrogens with zero attached hydrogens (tertiary/aromatic N) is 5. The Morgan fingerprint density at radius 2 is 1.93 bits per heavy atom. The van der Waals surface area contributed by atoms with Crippen molar-refractivity contribution in [1.29, 1.82) is 0 Å². The summed E-state index contributed by atoms with van der Waals surface area (Å²) in [5.74, 6) is 1.84. The number of anilines is 2. The number of aromatic nitrogens is 5. The summed E-state index contributed by atoms with van der Waals surface area (Å²) in [6.45, 7) is 4.31. The third kappa shape index (κ3) is 5.04. The average molecular weight is 547 g/mol. The summed E-state index contributed by atoms with van der Waals surface area (Å²) in [7, 11) is 2.02. The number of benzene rings is 2. The van der Waals surface area contributed by atoms with Crippen LogP contribution in [0.3, 0.4) is 0 Å². The monoisotopic (exact) mass is 546 g/mol. The van der Waals surface area contributed by atoms with Crippen molar-refractivity contribution >= 4 is 39.4 Å². The van der Waals surface area contributed by atoms with Crippen molar-refractivity contribution in [2.24, 2.45) is 0 Å². The molecule has 1 amide bonds. The lowest BCUT2D eigenvalue weighted by Crippen LogP contribution is -2.26. The van der Waals surface area contributed by atoms with Crippen LogP contribution in [0.2, 0.25) is 0 Å². The van der Waals surface area contributed by atoms with E-state index in [0.29, 0.717) is 17.7 Å². The van der Waals surface area contributed by atoms with Gasteiger partial charge in [0.2, 0.25) is 5.91 Å². The Balaban J connectivity index is 1.47. The molecule has 208 valence electrons. The molecule has 3 aromatic heterocycles. The summed E-state index contributed by atoms with van der Waals surface area (Å²) in [6, 6.07) is 12.7. The number of allylic oxidation sites excluding steroid dienone is 1. The summed E-state index contributed by atoms with van der Waals surface area (Å²) in [4.78, 5) is 30.9. The first kappa shape index (κ1) is 26.6. The van der Waals surface area contributed by atoms with Gasteiger partial charge in [-0.15, -0.1) is 0 Å². The molecule has 0 radical (unpaired) electrons. The third-order valence-electron chi connectivity index (χ3n) is 7.83. The van der Waals surface area contributed by atoms with E-state index in [-0.39, 0.29) is 18.2 Å². The number of carbonyl (C=O) groups excluding carboxylic acids is 1. The molecule has 1 aliphatic rings. The second-order valence-corrected chi connectivity index (χ2v) is 10.8.